The van der Waals surface area contributed by atoms with E-state index < -0.39 is 6.10 Å². The fraction of sp³-hybridized carbons (Fsp3) is 0.158. The first-order chi connectivity index (χ1) is 11.9. The third-order valence-corrected chi connectivity index (χ3v) is 4.21. The summed E-state index contributed by atoms with van der Waals surface area (Å²) in [5.41, 5.74) is 2.92. The van der Waals surface area contributed by atoms with E-state index in [0.717, 1.165) is 11.1 Å². The van der Waals surface area contributed by atoms with E-state index in [1.807, 2.05) is 19.1 Å². The van der Waals surface area contributed by atoms with E-state index in [1.54, 1.807) is 37.3 Å². The predicted octanol–water partition coefficient (Wildman–Crippen LogP) is 4.02. The highest BCUT2D eigenvalue weighted by molar-refractivity contribution is 6.31. The molecule has 1 aliphatic heterocycles. The molecule has 0 aliphatic carbocycles. The van der Waals surface area contributed by atoms with Gasteiger partial charge in [0, 0.05) is 16.8 Å². The summed E-state index contributed by atoms with van der Waals surface area (Å²) in [6, 6.07) is 10.7. The number of hydrogen-bond donors (Lipinski definition) is 2. The van der Waals surface area contributed by atoms with Gasteiger partial charge in [-0.3, -0.25) is 9.59 Å². The molecular formula is C19H17ClN2O3. The molecule has 1 heterocycles. The summed E-state index contributed by atoms with van der Waals surface area (Å²) in [6.45, 7) is 3.60. The third-order valence-electron chi connectivity index (χ3n) is 3.80. The Kier molecular flexibility index (Phi) is 4.76. The smallest absolute Gasteiger partial charge is 0.265 e. The molecule has 5 nitrogen and oxygen atoms in total. The molecule has 6 heteroatoms. The number of nitrogens with one attached hydrogen (secondary N) is 2. The maximum Gasteiger partial charge on any atom is 0.265 e. The second kappa shape index (κ2) is 6.99. The molecule has 0 bridgehead atoms. The molecule has 2 amide bonds. The number of hydrogen-bond acceptors (Lipinski definition) is 3. The second-order valence-corrected chi connectivity index (χ2v) is 6.20. The monoisotopic (exact) mass is 356 g/mol. The quantitative estimate of drug-likeness (QED) is 0.816. The average molecular weight is 357 g/mol. The Labute approximate surface area is 150 Å². The van der Waals surface area contributed by atoms with Crippen LogP contribution in [0.25, 0.3) is 6.08 Å². The van der Waals surface area contributed by atoms with Crippen molar-refractivity contribution in [3.05, 3.63) is 58.6 Å². The minimum absolute atomic E-state index is 0.216. The van der Waals surface area contributed by atoms with E-state index in [0.29, 0.717) is 22.1 Å². The van der Waals surface area contributed by atoms with Gasteiger partial charge < -0.3 is 15.4 Å². The summed E-state index contributed by atoms with van der Waals surface area (Å²) >= 11 is 6.07. The normalized spacial score (nSPS) is 16.1. The fourth-order valence-electron chi connectivity index (χ4n) is 2.36. The van der Waals surface area contributed by atoms with Gasteiger partial charge in [0.2, 0.25) is 5.91 Å². The van der Waals surface area contributed by atoms with E-state index in [2.05, 4.69) is 10.6 Å². The van der Waals surface area contributed by atoms with Crippen LogP contribution in [0.5, 0.6) is 5.75 Å². The van der Waals surface area contributed by atoms with Gasteiger partial charge in [0.1, 0.15) is 5.75 Å². The fourth-order valence-corrected chi connectivity index (χ4v) is 2.54. The first-order valence-corrected chi connectivity index (χ1v) is 8.17. The zero-order chi connectivity index (χ0) is 18.0. The number of anilines is 2. The third kappa shape index (κ3) is 4.00. The van der Waals surface area contributed by atoms with Crippen LogP contribution < -0.4 is 15.4 Å². The lowest BCUT2D eigenvalue weighted by atomic mass is 10.1. The van der Waals surface area contributed by atoms with Gasteiger partial charge in [-0.05, 0) is 55.3 Å². The summed E-state index contributed by atoms with van der Waals surface area (Å²) < 4.78 is 5.48. The lowest BCUT2D eigenvalue weighted by Crippen LogP contribution is -2.34. The molecular weight excluding hydrogens is 340 g/mol. The molecule has 2 aromatic rings. The molecule has 25 heavy (non-hydrogen) atoms. The van der Waals surface area contributed by atoms with Crippen molar-refractivity contribution in [1.29, 1.82) is 0 Å². The molecule has 0 fully saturated rings. The summed E-state index contributed by atoms with van der Waals surface area (Å²) in [4.78, 5) is 23.7. The zero-order valence-electron chi connectivity index (χ0n) is 13.8. The van der Waals surface area contributed by atoms with Crippen LogP contribution in [0.4, 0.5) is 11.4 Å². The highest BCUT2D eigenvalue weighted by Gasteiger charge is 2.23. The lowest BCUT2D eigenvalue weighted by molar-refractivity contribution is -0.122. The summed E-state index contributed by atoms with van der Waals surface area (Å²) in [6.07, 6.45) is 2.58. The lowest BCUT2D eigenvalue weighted by Gasteiger charge is -2.23. The van der Waals surface area contributed by atoms with Gasteiger partial charge in [0.05, 0.1) is 5.69 Å². The van der Waals surface area contributed by atoms with Crippen LogP contribution in [0.2, 0.25) is 5.02 Å². The average Bonchev–Trinajstić information content (AvgIpc) is 2.57. The standard InChI is InChI=1S/C19H17ClN2O3/c1-11-3-4-13(9-15(11)20)5-8-18(23)21-14-6-7-17-16(10-14)22-19(24)12(2)25-17/h3-10,12H,1-2H3,(H,21,23)(H,22,24)/b8-5+/t12-/m0/s1. The van der Waals surface area contributed by atoms with Crippen molar-refractivity contribution >= 4 is 40.9 Å². The van der Waals surface area contributed by atoms with Gasteiger partial charge >= 0.3 is 0 Å². The van der Waals surface area contributed by atoms with Crippen molar-refractivity contribution in [3.63, 3.8) is 0 Å². The molecule has 0 saturated heterocycles. The number of ether oxygens (including phenoxy) is 1. The molecule has 1 aliphatic rings. The minimum atomic E-state index is -0.530. The molecule has 0 aromatic heterocycles. The summed E-state index contributed by atoms with van der Waals surface area (Å²) in [5.74, 6) is 0.0788. The van der Waals surface area contributed by atoms with Crippen molar-refractivity contribution in [3.8, 4) is 5.75 Å². The van der Waals surface area contributed by atoms with Gasteiger partial charge in [-0.1, -0.05) is 23.7 Å². The predicted molar refractivity (Wildman–Crippen MR) is 99.0 cm³/mol. The second-order valence-electron chi connectivity index (χ2n) is 5.79. The number of rotatable bonds is 3. The number of fused-ring (bicyclic) bond motifs is 1. The van der Waals surface area contributed by atoms with E-state index in [4.69, 9.17) is 16.3 Å². The number of amides is 2. The van der Waals surface area contributed by atoms with E-state index in [-0.39, 0.29) is 11.8 Å². The Hall–Kier alpha value is -2.79. The van der Waals surface area contributed by atoms with E-state index in [1.165, 1.54) is 6.08 Å². The Morgan fingerprint density at radius 1 is 1.28 bits per heavy atom. The number of halogens is 1. The molecule has 0 spiro atoms. The highest BCUT2D eigenvalue weighted by atomic mass is 35.5. The maximum atomic E-state index is 12.1. The Bertz CT molecular complexity index is 877. The molecule has 2 aromatic carbocycles. The SMILES string of the molecule is Cc1ccc(/C=C/C(=O)Nc2ccc3c(c2)NC(=O)[C@H](C)O3)cc1Cl. The van der Waals surface area contributed by atoms with Gasteiger partial charge in [0.15, 0.2) is 6.10 Å². The van der Waals surface area contributed by atoms with Crippen molar-refractivity contribution < 1.29 is 14.3 Å². The largest absolute Gasteiger partial charge is 0.479 e. The van der Waals surface area contributed by atoms with Crippen LogP contribution >= 0.6 is 11.6 Å². The Morgan fingerprint density at radius 3 is 2.84 bits per heavy atom. The van der Waals surface area contributed by atoms with Crippen molar-refractivity contribution in [2.75, 3.05) is 10.6 Å². The Balaban J connectivity index is 1.69. The van der Waals surface area contributed by atoms with E-state index in [9.17, 15) is 9.59 Å². The molecule has 128 valence electrons. The van der Waals surface area contributed by atoms with Crippen LogP contribution in [0.3, 0.4) is 0 Å². The van der Waals surface area contributed by atoms with Gasteiger partial charge in [-0.25, -0.2) is 0 Å². The van der Waals surface area contributed by atoms with Gasteiger partial charge in [-0.15, -0.1) is 0 Å². The topological polar surface area (TPSA) is 67.4 Å². The van der Waals surface area contributed by atoms with Crippen LogP contribution in [0.15, 0.2) is 42.5 Å². The van der Waals surface area contributed by atoms with E-state index >= 15 is 0 Å². The molecule has 1 atom stereocenters. The highest BCUT2D eigenvalue weighted by Crippen LogP contribution is 2.32. The summed E-state index contributed by atoms with van der Waals surface area (Å²) in [5, 5.41) is 6.15. The van der Waals surface area contributed by atoms with Crippen molar-refractivity contribution in [2.24, 2.45) is 0 Å². The molecule has 0 saturated carbocycles. The minimum Gasteiger partial charge on any atom is -0.479 e. The van der Waals surface area contributed by atoms with Crippen molar-refractivity contribution in [1.82, 2.24) is 0 Å². The maximum absolute atomic E-state index is 12.1. The first kappa shape index (κ1) is 17.0. The van der Waals surface area contributed by atoms with Crippen LogP contribution in [0, 0.1) is 6.92 Å². The summed E-state index contributed by atoms with van der Waals surface area (Å²) in [7, 11) is 0. The number of carbonyl (C=O) groups is 2. The molecule has 0 unspecified atom stereocenters. The molecule has 2 N–H and O–H groups in total. The number of benzene rings is 2. The van der Waals surface area contributed by atoms with Crippen LogP contribution in [0.1, 0.15) is 18.1 Å². The first-order valence-electron chi connectivity index (χ1n) is 7.79. The number of carbonyl (C=O) groups excluding carboxylic acids is 2. The van der Waals surface area contributed by atoms with Crippen molar-refractivity contribution in [2.45, 2.75) is 20.0 Å². The Morgan fingerprint density at radius 2 is 2.08 bits per heavy atom. The van der Waals surface area contributed by atoms with Gasteiger partial charge in [-0.2, -0.15) is 0 Å². The number of aryl methyl sites for hydroxylation is 1. The van der Waals surface area contributed by atoms with Gasteiger partial charge in [0.25, 0.3) is 5.91 Å². The molecule has 3 rings (SSSR count). The zero-order valence-corrected chi connectivity index (χ0v) is 14.6. The van der Waals surface area contributed by atoms with Crippen LogP contribution in [-0.2, 0) is 9.59 Å². The molecule has 0 radical (unpaired) electrons. The van der Waals surface area contributed by atoms with Crippen LogP contribution in [-0.4, -0.2) is 17.9 Å².